The predicted molar refractivity (Wildman–Crippen MR) is 83.1 cm³/mol. The lowest BCUT2D eigenvalue weighted by Crippen LogP contribution is -2.42. The number of halogens is 1. The molecule has 1 aliphatic heterocycles. The highest BCUT2D eigenvalue weighted by Gasteiger charge is 2.24. The molecule has 1 aromatic rings. The van der Waals surface area contributed by atoms with E-state index in [2.05, 4.69) is 29.0 Å². The van der Waals surface area contributed by atoms with Crippen molar-refractivity contribution in [3.8, 4) is 0 Å². The lowest BCUT2D eigenvalue weighted by atomic mass is 9.96. The molecule has 2 unspecified atom stereocenters. The van der Waals surface area contributed by atoms with E-state index in [-0.39, 0.29) is 6.10 Å². The van der Waals surface area contributed by atoms with Gasteiger partial charge in [0.05, 0.1) is 16.8 Å². The smallest absolute Gasteiger partial charge is 0.126 e. The van der Waals surface area contributed by atoms with E-state index >= 15 is 0 Å². The van der Waals surface area contributed by atoms with Gasteiger partial charge in [0, 0.05) is 19.6 Å². The average Bonchev–Trinajstić information content (AvgIpc) is 2.44. The minimum absolute atomic E-state index is 0.246. The third-order valence-electron chi connectivity index (χ3n) is 3.85. The van der Waals surface area contributed by atoms with E-state index in [4.69, 9.17) is 11.6 Å². The summed E-state index contributed by atoms with van der Waals surface area (Å²) in [5, 5.41) is 13.9. The molecule has 0 saturated carbocycles. The minimum Gasteiger partial charge on any atom is -0.392 e. The number of aliphatic hydroxyl groups excluding tert-OH is 1. The van der Waals surface area contributed by atoms with Crippen LogP contribution in [0.25, 0.3) is 0 Å². The molecule has 0 bridgehead atoms. The first-order valence-corrected chi connectivity index (χ1v) is 7.77. The van der Waals surface area contributed by atoms with Crippen molar-refractivity contribution in [2.45, 2.75) is 39.3 Å². The number of aromatic nitrogens is 1. The van der Waals surface area contributed by atoms with E-state index in [1.54, 1.807) is 0 Å². The van der Waals surface area contributed by atoms with Gasteiger partial charge in [-0.05, 0) is 37.4 Å². The molecule has 112 valence electrons. The SMILES string of the molecule is CCCNc1ccc(Cl)c(CN2CCC(C)C(O)C2)n1. The highest BCUT2D eigenvalue weighted by Crippen LogP contribution is 2.22. The number of aliphatic hydroxyl groups is 1. The molecule has 20 heavy (non-hydrogen) atoms. The number of rotatable bonds is 5. The predicted octanol–water partition coefficient (Wildman–Crippen LogP) is 2.76. The molecule has 0 radical (unpaired) electrons. The molecule has 1 fully saturated rings. The van der Waals surface area contributed by atoms with Crippen LogP contribution >= 0.6 is 11.6 Å². The summed E-state index contributed by atoms with van der Waals surface area (Å²) in [5.41, 5.74) is 0.884. The summed E-state index contributed by atoms with van der Waals surface area (Å²) < 4.78 is 0. The van der Waals surface area contributed by atoms with E-state index in [9.17, 15) is 5.11 Å². The van der Waals surface area contributed by atoms with Crippen LogP contribution in [0.2, 0.25) is 5.02 Å². The first-order valence-electron chi connectivity index (χ1n) is 7.40. The van der Waals surface area contributed by atoms with E-state index < -0.39 is 0 Å². The lowest BCUT2D eigenvalue weighted by Gasteiger charge is -2.34. The molecule has 0 aromatic carbocycles. The Morgan fingerprint density at radius 2 is 2.30 bits per heavy atom. The summed E-state index contributed by atoms with van der Waals surface area (Å²) in [6.45, 7) is 7.52. The number of β-amino-alcohol motifs (C(OH)–C–C–N with tert-alkyl or cyclic N) is 1. The van der Waals surface area contributed by atoms with Gasteiger partial charge < -0.3 is 10.4 Å². The second-order valence-electron chi connectivity index (χ2n) is 5.62. The van der Waals surface area contributed by atoms with Crippen LogP contribution < -0.4 is 5.32 Å². The average molecular weight is 298 g/mol. The summed E-state index contributed by atoms with van der Waals surface area (Å²) in [5.74, 6) is 1.25. The molecule has 1 saturated heterocycles. The molecule has 1 aliphatic rings. The van der Waals surface area contributed by atoms with E-state index in [1.165, 1.54) is 0 Å². The fraction of sp³-hybridized carbons (Fsp3) is 0.667. The van der Waals surface area contributed by atoms with E-state index in [1.807, 2.05) is 12.1 Å². The third-order valence-corrected chi connectivity index (χ3v) is 4.20. The number of nitrogens with one attached hydrogen (secondary N) is 1. The van der Waals surface area contributed by atoms with Gasteiger partial charge in [0.2, 0.25) is 0 Å². The molecule has 0 aliphatic carbocycles. The van der Waals surface area contributed by atoms with Gasteiger partial charge in [-0.25, -0.2) is 4.98 Å². The van der Waals surface area contributed by atoms with Crippen molar-refractivity contribution < 1.29 is 5.11 Å². The zero-order chi connectivity index (χ0) is 14.5. The Hall–Kier alpha value is -0.840. The van der Waals surface area contributed by atoms with Crippen molar-refractivity contribution in [3.05, 3.63) is 22.8 Å². The Balaban J connectivity index is 2.01. The zero-order valence-corrected chi connectivity index (χ0v) is 13.0. The topological polar surface area (TPSA) is 48.4 Å². The Kier molecular flexibility index (Phi) is 5.64. The Bertz CT molecular complexity index is 441. The number of hydrogen-bond acceptors (Lipinski definition) is 4. The quantitative estimate of drug-likeness (QED) is 0.877. The van der Waals surface area contributed by atoms with Gasteiger partial charge in [0.15, 0.2) is 0 Å². The van der Waals surface area contributed by atoms with Gasteiger partial charge in [-0.3, -0.25) is 4.90 Å². The van der Waals surface area contributed by atoms with Crippen molar-refractivity contribution in [1.82, 2.24) is 9.88 Å². The summed E-state index contributed by atoms with van der Waals surface area (Å²) in [7, 11) is 0. The summed E-state index contributed by atoms with van der Waals surface area (Å²) >= 11 is 6.24. The highest BCUT2D eigenvalue weighted by atomic mass is 35.5. The molecule has 2 rings (SSSR count). The van der Waals surface area contributed by atoms with E-state index in [0.717, 1.165) is 37.4 Å². The molecular formula is C15H24ClN3O. The monoisotopic (exact) mass is 297 g/mol. The first-order chi connectivity index (χ1) is 9.60. The minimum atomic E-state index is -0.246. The number of nitrogens with zero attached hydrogens (tertiary/aromatic N) is 2. The normalized spacial score (nSPS) is 23.8. The molecule has 2 heterocycles. The van der Waals surface area contributed by atoms with Crippen LogP contribution in [-0.2, 0) is 6.54 Å². The standard InChI is InChI=1S/C15H24ClN3O/c1-3-7-17-15-5-4-12(16)13(18-15)9-19-8-6-11(2)14(20)10-19/h4-5,11,14,20H,3,6-10H2,1-2H3,(H,17,18). The van der Waals surface area contributed by atoms with Gasteiger partial charge in [0.1, 0.15) is 5.82 Å². The van der Waals surface area contributed by atoms with E-state index in [0.29, 0.717) is 24.0 Å². The van der Waals surface area contributed by atoms with Crippen LogP contribution in [0.15, 0.2) is 12.1 Å². The van der Waals surface area contributed by atoms with Gasteiger partial charge >= 0.3 is 0 Å². The van der Waals surface area contributed by atoms with Crippen molar-refractivity contribution in [3.63, 3.8) is 0 Å². The lowest BCUT2D eigenvalue weighted by molar-refractivity contribution is 0.0254. The number of likely N-dealkylation sites (tertiary alicyclic amines) is 1. The number of piperidine rings is 1. The van der Waals surface area contributed by atoms with Crippen LogP contribution in [0.5, 0.6) is 0 Å². The van der Waals surface area contributed by atoms with Crippen LogP contribution in [0.4, 0.5) is 5.82 Å². The molecule has 0 amide bonds. The zero-order valence-electron chi connectivity index (χ0n) is 12.3. The van der Waals surface area contributed by atoms with Gasteiger partial charge in [0.25, 0.3) is 0 Å². The maximum absolute atomic E-state index is 9.96. The Morgan fingerprint density at radius 3 is 3.00 bits per heavy atom. The number of pyridine rings is 1. The van der Waals surface area contributed by atoms with Crippen molar-refractivity contribution >= 4 is 17.4 Å². The number of anilines is 1. The summed E-state index contributed by atoms with van der Waals surface area (Å²) in [4.78, 5) is 6.81. The maximum atomic E-state index is 9.96. The molecular weight excluding hydrogens is 274 g/mol. The van der Waals surface area contributed by atoms with Crippen molar-refractivity contribution in [1.29, 1.82) is 0 Å². The molecule has 5 heteroatoms. The Morgan fingerprint density at radius 1 is 1.50 bits per heavy atom. The largest absolute Gasteiger partial charge is 0.392 e. The first kappa shape index (κ1) is 15.5. The molecule has 1 aromatic heterocycles. The molecule has 2 N–H and O–H groups in total. The summed E-state index contributed by atoms with van der Waals surface area (Å²) in [6, 6.07) is 3.81. The maximum Gasteiger partial charge on any atom is 0.126 e. The molecule has 2 atom stereocenters. The van der Waals surface area contributed by atoms with Crippen LogP contribution in [0.1, 0.15) is 32.4 Å². The third kappa shape index (κ3) is 4.08. The van der Waals surface area contributed by atoms with Crippen LogP contribution in [-0.4, -0.2) is 40.7 Å². The fourth-order valence-corrected chi connectivity index (χ4v) is 2.58. The van der Waals surface area contributed by atoms with Gasteiger partial charge in [-0.1, -0.05) is 25.4 Å². The second-order valence-corrected chi connectivity index (χ2v) is 6.03. The van der Waals surface area contributed by atoms with Gasteiger partial charge in [-0.2, -0.15) is 0 Å². The van der Waals surface area contributed by atoms with Crippen molar-refractivity contribution in [2.24, 2.45) is 5.92 Å². The molecule has 4 nitrogen and oxygen atoms in total. The fourth-order valence-electron chi connectivity index (χ4n) is 2.42. The second kappa shape index (κ2) is 7.25. The number of hydrogen-bond donors (Lipinski definition) is 2. The van der Waals surface area contributed by atoms with Crippen LogP contribution in [0.3, 0.4) is 0 Å². The van der Waals surface area contributed by atoms with Gasteiger partial charge in [-0.15, -0.1) is 0 Å². The highest BCUT2D eigenvalue weighted by molar-refractivity contribution is 6.31. The summed E-state index contributed by atoms with van der Waals surface area (Å²) in [6.07, 6.45) is 1.84. The molecule has 0 spiro atoms. The van der Waals surface area contributed by atoms with Crippen molar-refractivity contribution in [2.75, 3.05) is 25.0 Å². The Labute approximate surface area is 126 Å². The van der Waals surface area contributed by atoms with Crippen LogP contribution in [0, 0.1) is 5.92 Å².